The van der Waals surface area contributed by atoms with Crippen molar-refractivity contribution in [3.05, 3.63) is 65.5 Å². The number of nitriles is 1. The van der Waals surface area contributed by atoms with Crippen molar-refractivity contribution < 1.29 is 4.74 Å². The number of hydrogen-bond acceptors (Lipinski definition) is 6. The Hall–Kier alpha value is -3.63. The normalized spacial score (nSPS) is 20.8. The van der Waals surface area contributed by atoms with Crippen LogP contribution in [0.1, 0.15) is 29.7 Å². The molecular weight excluding hydrogens is 412 g/mol. The van der Waals surface area contributed by atoms with Gasteiger partial charge in [-0.3, -0.25) is 0 Å². The van der Waals surface area contributed by atoms with Gasteiger partial charge < -0.3 is 15.0 Å². The lowest BCUT2D eigenvalue weighted by Gasteiger charge is -2.22. The molecule has 0 saturated carbocycles. The first-order valence-corrected chi connectivity index (χ1v) is 11.5. The Labute approximate surface area is 192 Å². The van der Waals surface area contributed by atoms with E-state index in [1.807, 2.05) is 29.8 Å². The molecule has 33 heavy (non-hydrogen) atoms. The molecule has 0 aliphatic carbocycles. The van der Waals surface area contributed by atoms with Crippen LogP contribution in [-0.4, -0.2) is 40.9 Å². The molecule has 2 aromatic carbocycles. The van der Waals surface area contributed by atoms with Gasteiger partial charge in [-0.25, -0.2) is 9.50 Å². The van der Waals surface area contributed by atoms with Gasteiger partial charge in [0.1, 0.15) is 0 Å². The number of ether oxygens (including phenoxy) is 1. The summed E-state index contributed by atoms with van der Waals surface area (Å²) in [7, 11) is 0. The van der Waals surface area contributed by atoms with E-state index in [9.17, 15) is 5.26 Å². The maximum absolute atomic E-state index is 9.44. The molecule has 3 unspecified atom stereocenters. The van der Waals surface area contributed by atoms with Crippen LogP contribution in [0.2, 0.25) is 0 Å². The second kappa shape index (κ2) is 7.75. The predicted octanol–water partition coefficient (Wildman–Crippen LogP) is 4.32. The average molecular weight is 439 g/mol. The Morgan fingerprint density at radius 3 is 2.76 bits per heavy atom. The summed E-state index contributed by atoms with van der Waals surface area (Å²) in [5.41, 5.74) is 4.87. The zero-order valence-electron chi connectivity index (χ0n) is 18.8. The van der Waals surface area contributed by atoms with Crippen LogP contribution in [0, 0.1) is 30.1 Å². The summed E-state index contributed by atoms with van der Waals surface area (Å²) in [6.45, 7) is 7.93. The average Bonchev–Trinajstić information content (AvgIpc) is 3.55. The van der Waals surface area contributed by atoms with E-state index in [1.165, 1.54) is 5.69 Å². The zero-order valence-corrected chi connectivity index (χ0v) is 18.8. The number of anilines is 2. The fraction of sp³-hybridized carbons (Fsp3) is 0.346. The van der Waals surface area contributed by atoms with Crippen LogP contribution in [0.4, 0.5) is 11.5 Å². The van der Waals surface area contributed by atoms with Gasteiger partial charge in [-0.05, 0) is 49.2 Å². The van der Waals surface area contributed by atoms with Crippen molar-refractivity contribution in [2.45, 2.75) is 19.9 Å². The third-order valence-corrected chi connectivity index (χ3v) is 7.25. The Morgan fingerprint density at radius 2 is 1.97 bits per heavy atom. The second-order valence-corrected chi connectivity index (χ2v) is 9.23. The van der Waals surface area contributed by atoms with Crippen molar-refractivity contribution in [1.29, 1.82) is 5.26 Å². The van der Waals surface area contributed by atoms with Crippen molar-refractivity contribution in [2.24, 2.45) is 11.8 Å². The quantitative estimate of drug-likeness (QED) is 0.511. The van der Waals surface area contributed by atoms with E-state index in [0.717, 1.165) is 59.7 Å². The molecule has 0 spiro atoms. The molecule has 3 atom stereocenters. The molecule has 2 saturated heterocycles. The number of nitrogens with one attached hydrogen (secondary N) is 1. The van der Waals surface area contributed by atoms with Gasteiger partial charge in [-0.1, -0.05) is 12.1 Å². The van der Waals surface area contributed by atoms with E-state index in [1.54, 1.807) is 6.20 Å². The summed E-state index contributed by atoms with van der Waals surface area (Å²) < 4.78 is 7.49. The van der Waals surface area contributed by atoms with Crippen LogP contribution in [0.15, 0.2) is 48.8 Å². The van der Waals surface area contributed by atoms with E-state index >= 15 is 0 Å². The van der Waals surface area contributed by atoms with Crippen LogP contribution in [0.5, 0.6) is 0 Å². The molecular formula is C26H26N6O. The van der Waals surface area contributed by atoms with Gasteiger partial charge in [0.25, 0.3) is 0 Å². The Kier molecular flexibility index (Phi) is 4.70. The van der Waals surface area contributed by atoms with Crippen molar-refractivity contribution in [3.8, 4) is 6.07 Å². The number of fused-ring (bicyclic) bond motifs is 4. The number of imidazole rings is 1. The summed E-state index contributed by atoms with van der Waals surface area (Å²) in [6.07, 6.45) is 3.66. The van der Waals surface area contributed by atoms with Crippen molar-refractivity contribution >= 4 is 27.9 Å². The SMILES string of the molecule is Cc1c(C#N)cccc1C(C)Nc1nn2ccnc2c2ccc(N3CC4COCC4C3)cc12. The number of benzene rings is 2. The second-order valence-electron chi connectivity index (χ2n) is 9.23. The number of nitrogens with zero attached hydrogens (tertiary/aromatic N) is 5. The van der Waals surface area contributed by atoms with Crippen molar-refractivity contribution in [1.82, 2.24) is 14.6 Å². The van der Waals surface area contributed by atoms with E-state index in [0.29, 0.717) is 17.4 Å². The van der Waals surface area contributed by atoms with Crippen molar-refractivity contribution in [3.63, 3.8) is 0 Å². The van der Waals surface area contributed by atoms with Crippen LogP contribution in [-0.2, 0) is 4.74 Å². The number of aromatic nitrogens is 3. The molecule has 0 radical (unpaired) electrons. The van der Waals surface area contributed by atoms with Gasteiger partial charge in [-0.15, -0.1) is 5.10 Å². The lowest BCUT2D eigenvalue weighted by Crippen LogP contribution is -2.22. The van der Waals surface area contributed by atoms with Crippen molar-refractivity contribution in [2.75, 3.05) is 36.5 Å². The van der Waals surface area contributed by atoms with E-state index in [4.69, 9.17) is 9.84 Å². The summed E-state index contributed by atoms with van der Waals surface area (Å²) in [5.74, 6) is 2.07. The lowest BCUT2D eigenvalue weighted by atomic mass is 9.98. The van der Waals surface area contributed by atoms with E-state index < -0.39 is 0 Å². The predicted molar refractivity (Wildman–Crippen MR) is 128 cm³/mol. The highest BCUT2D eigenvalue weighted by Gasteiger charge is 2.37. The molecule has 2 fully saturated rings. The summed E-state index contributed by atoms with van der Waals surface area (Å²) in [5, 5.41) is 20.1. The van der Waals surface area contributed by atoms with Crippen LogP contribution >= 0.6 is 0 Å². The first kappa shape index (κ1) is 20.0. The van der Waals surface area contributed by atoms with Crippen LogP contribution in [0.3, 0.4) is 0 Å². The van der Waals surface area contributed by atoms with Gasteiger partial charge in [0.2, 0.25) is 0 Å². The zero-order chi connectivity index (χ0) is 22.5. The van der Waals surface area contributed by atoms with Gasteiger partial charge in [0, 0.05) is 53.8 Å². The van der Waals surface area contributed by atoms with Gasteiger partial charge in [0.15, 0.2) is 11.5 Å². The summed E-state index contributed by atoms with van der Waals surface area (Å²) in [4.78, 5) is 7.02. The maximum Gasteiger partial charge on any atom is 0.161 e. The molecule has 4 aromatic rings. The minimum absolute atomic E-state index is 0.0121. The smallest absolute Gasteiger partial charge is 0.161 e. The standard InChI is InChI=1S/C26H26N6O/c1-16-18(11-27)4-3-5-22(16)17(2)29-25-24-10-21(31-12-19-14-33-15-20(19)13-31)6-7-23(24)26-28-8-9-32(26)30-25/h3-10,17,19-20H,12-15H2,1-2H3,(H,29,30). The first-order chi connectivity index (χ1) is 16.1. The minimum atomic E-state index is -0.0121. The minimum Gasteiger partial charge on any atom is -0.381 e. The molecule has 6 rings (SSSR count). The fourth-order valence-electron chi connectivity index (χ4n) is 5.38. The Balaban J connectivity index is 1.41. The Bertz CT molecular complexity index is 1390. The Morgan fingerprint density at radius 1 is 1.15 bits per heavy atom. The molecule has 7 heteroatoms. The number of rotatable bonds is 4. The maximum atomic E-state index is 9.44. The third kappa shape index (κ3) is 3.30. The molecule has 2 aromatic heterocycles. The topological polar surface area (TPSA) is 78.5 Å². The highest BCUT2D eigenvalue weighted by molar-refractivity contribution is 6.01. The number of hydrogen-bond donors (Lipinski definition) is 1. The molecule has 166 valence electrons. The van der Waals surface area contributed by atoms with E-state index in [2.05, 4.69) is 52.5 Å². The van der Waals surface area contributed by atoms with Crippen LogP contribution < -0.4 is 10.2 Å². The molecule has 2 aliphatic heterocycles. The lowest BCUT2D eigenvalue weighted by molar-refractivity contribution is 0.177. The van der Waals surface area contributed by atoms with Gasteiger partial charge >= 0.3 is 0 Å². The highest BCUT2D eigenvalue weighted by atomic mass is 16.5. The molecule has 4 heterocycles. The molecule has 0 bridgehead atoms. The first-order valence-electron chi connectivity index (χ1n) is 11.5. The molecule has 7 nitrogen and oxygen atoms in total. The van der Waals surface area contributed by atoms with E-state index in [-0.39, 0.29) is 6.04 Å². The summed E-state index contributed by atoms with van der Waals surface area (Å²) >= 11 is 0. The third-order valence-electron chi connectivity index (χ3n) is 7.25. The highest BCUT2D eigenvalue weighted by Crippen LogP contribution is 2.36. The summed E-state index contributed by atoms with van der Waals surface area (Å²) in [6, 6.07) is 14.8. The molecule has 0 amide bonds. The van der Waals surface area contributed by atoms with Gasteiger partial charge in [-0.2, -0.15) is 5.26 Å². The van der Waals surface area contributed by atoms with Crippen LogP contribution in [0.25, 0.3) is 16.4 Å². The fourth-order valence-corrected chi connectivity index (χ4v) is 5.38. The largest absolute Gasteiger partial charge is 0.381 e. The monoisotopic (exact) mass is 438 g/mol. The molecule has 2 aliphatic rings. The molecule has 1 N–H and O–H groups in total. The van der Waals surface area contributed by atoms with Gasteiger partial charge in [0.05, 0.1) is 30.9 Å².